The van der Waals surface area contributed by atoms with Crippen molar-refractivity contribution in [2.24, 2.45) is 0 Å². The molecule has 0 aliphatic carbocycles. The highest BCUT2D eigenvalue weighted by Crippen LogP contribution is 2.14. The van der Waals surface area contributed by atoms with Crippen molar-refractivity contribution in [2.45, 2.75) is 32.4 Å². The van der Waals surface area contributed by atoms with Crippen LogP contribution in [0.15, 0.2) is 36.7 Å². The largest absolute Gasteiger partial charge is 0.350 e. The van der Waals surface area contributed by atoms with Gasteiger partial charge in [0.1, 0.15) is 12.4 Å². The number of likely N-dealkylation sites (tertiary alicyclic amines) is 1. The lowest BCUT2D eigenvalue weighted by atomic mass is 10.1. The van der Waals surface area contributed by atoms with E-state index in [2.05, 4.69) is 44.5 Å². The van der Waals surface area contributed by atoms with Gasteiger partial charge in [0.05, 0.1) is 4.92 Å². The topological polar surface area (TPSA) is 84.2 Å². The van der Waals surface area contributed by atoms with Gasteiger partial charge in [-0.2, -0.15) is 0 Å². The molecule has 1 fully saturated rings. The molecule has 0 spiro atoms. The number of aromatic nitrogens is 2. The van der Waals surface area contributed by atoms with Crippen LogP contribution in [0.4, 0.5) is 11.6 Å². The van der Waals surface area contributed by atoms with Crippen LogP contribution in [0.2, 0.25) is 0 Å². The molecule has 0 saturated carbocycles. The van der Waals surface area contributed by atoms with Crippen LogP contribution >= 0.6 is 0 Å². The lowest BCUT2D eigenvalue weighted by molar-refractivity contribution is -0.385. The van der Waals surface area contributed by atoms with E-state index < -0.39 is 4.92 Å². The van der Waals surface area contributed by atoms with Crippen molar-refractivity contribution >= 4 is 11.6 Å². The van der Waals surface area contributed by atoms with E-state index in [1.165, 1.54) is 50.3 Å². The Morgan fingerprint density at radius 1 is 1.04 bits per heavy atom. The molecule has 7 nitrogen and oxygen atoms in total. The van der Waals surface area contributed by atoms with Crippen molar-refractivity contribution in [1.29, 1.82) is 0 Å². The summed E-state index contributed by atoms with van der Waals surface area (Å²) < 4.78 is 0. The second-order valence-electron chi connectivity index (χ2n) is 6.03. The van der Waals surface area contributed by atoms with Crippen LogP contribution in [0.25, 0.3) is 0 Å². The van der Waals surface area contributed by atoms with Gasteiger partial charge < -0.3 is 5.32 Å². The third-order valence-corrected chi connectivity index (χ3v) is 4.18. The molecule has 7 heteroatoms. The van der Waals surface area contributed by atoms with Gasteiger partial charge in [0.2, 0.25) is 5.95 Å². The molecule has 0 radical (unpaired) electrons. The average molecular weight is 327 g/mol. The summed E-state index contributed by atoms with van der Waals surface area (Å²) >= 11 is 0. The summed E-state index contributed by atoms with van der Waals surface area (Å²) in [6.45, 7) is 3.99. The second-order valence-corrected chi connectivity index (χ2v) is 6.03. The van der Waals surface area contributed by atoms with Gasteiger partial charge in [-0.3, -0.25) is 15.0 Å². The van der Waals surface area contributed by atoms with Gasteiger partial charge in [-0.05, 0) is 37.1 Å². The van der Waals surface area contributed by atoms with Crippen LogP contribution in [0, 0.1) is 10.1 Å². The molecule has 0 unspecified atom stereocenters. The minimum absolute atomic E-state index is 0.109. The van der Waals surface area contributed by atoms with E-state index in [0.717, 1.165) is 12.1 Å². The number of nitrogens with zero attached hydrogens (tertiary/aromatic N) is 4. The SMILES string of the molecule is O=[N+]([O-])c1cnc(NCc2ccc(CN3CCCCC3)cc2)nc1. The summed E-state index contributed by atoms with van der Waals surface area (Å²) in [7, 11) is 0. The zero-order valence-corrected chi connectivity index (χ0v) is 13.5. The Morgan fingerprint density at radius 2 is 1.67 bits per heavy atom. The number of nitrogens with one attached hydrogen (secondary N) is 1. The molecule has 24 heavy (non-hydrogen) atoms. The van der Waals surface area contributed by atoms with Crippen LogP contribution in [-0.4, -0.2) is 32.9 Å². The third-order valence-electron chi connectivity index (χ3n) is 4.18. The van der Waals surface area contributed by atoms with Gasteiger partial charge in [0, 0.05) is 13.1 Å². The smallest absolute Gasteiger partial charge is 0.305 e. The molecule has 2 aromatic rings. The fourth-order valence-corrected chi connectivity index (χ4v) is 2.83. The number of anilines is 1. The molecule has 0 bridgehead atoms. The fourth-order valence-electron chi connectivity index (χ4n) is 2.83. The standard InChI is InChI=1S/C17H21N5O2/c23-22(24)16-11-19-17(20-12-16)18-10-14-4-6-15(7-5-14)13-21-8-2-1-3-9-21/h4-7,11-12H,1-3,8-10,13H2,(H,18,19,20). The van der Waals surface area contributed by atoms with Gasteiger partial charge >= 0.3 is 5.69 Å². The molecule has 0 amide bonds. The first kappa shape index (κ1) is 16.3. The molecular formula is C17H21N5O2. The van der Waals surface area contributed by atoms with E-state index >= 15 is 0 Å². The highest BCUT2D eigenvalue weighted by Gasteiger charge is 2.10. The molecule has 1 aliphatic heterocycles. The fraction of sp³-hybridized carbons (Fsp3) is 0.412. The first-order valence-electron chi connectivity index (χ1n) is 8.21. The van der Waals surface area contributed by atoms with Crippen molar-refractivity contribution in [3.05, 3.63) is 57.9 Å². The number of nitro groups is 1. The van der Waals surface area contributed by atoms with Crippen molar-refractivity contribution in [3.8, 4) is 0 Å². The monoisotopic (exact) mass is 327 g/mol. The van der Waals surface area contributed by atoms with Crippen LogP contribution in [0.3, 0.4) is 0 Å². The number of rotatable bonds is 6. The van der Waals surface area contributed by atoms with Gasteiger partial charge in [-0.1, -0.05) is 30.7 Å². The van der Waals surface area contributed by atoms with Crippen LogP contribution in [-0.2, 0) is 13.1 Å². The lowest BCUT2D eigenvalue weighted by Crippen LogP contribution is -2.29. The van der Waals surface area contributed by atoms with Gasteiger partial charge in [0.15, 0.2) is 0 Å². The van der Waals surface area contributed by atoms with Gasteiger partial charge in [-0.15, -0.1) is 0 Å². The van der Waals surface area contributed by atoms with E-state index in [0.29, 0.717) is 12.5 Å². The van der Waals surface area contributed by atoms with Crippen LogP contribution in [0.5, 0.6) is 0 Å². The second kappa shape index (κ2) is 7.83. The molecule has 1 aliphatic rings. The van der Waals surface area contributed by atoms with Crippen molar-refractivity contribution in [1.82, 2.24) is 14.9 Å². The van der Waals surface area contributed by atoms with Crippen molar-refractivity contribution in [3.63, 3.8) is 0 Å². The summed E-state index contributed by atoms with van der Waals surface area (Å²) in [5.41, 5.74) is 2.34. The molecule has 1 aromatic heterocycles. The van der Waals surface area contributed by atoms with Gasteiger partial charge in [-0.25, -0.2) is 9.97 Å². The summed E-state index contributed by atoms with van der Waals surface area (Å²) in [5.74, 6) is 0.387. The maximum Gasteiger partial charge on any atom is 0.305 e. The molecular weight excluding hydrogens is 306 g/mol. The summed E-state index contributed by atoms with van der Waals surface area (Å²) in [6.07, 6.45) is 6.37. The average Bonchev–Trinajstić information content (AvgIpc) is 2.62. The van der Waals surface area contributed by atoms with Crippen molar-refractivity contribution < 1.29 is 4.92 Å². The molecule has 1 N–H and O–H groups in total. The first-order valence-corrected chi connectivity index (χ1v) is 8.21. The number of benzene rings is 1. The molecule has 1 saturated heterocycles. The quantitative estimate of drug-likeness (QED) is 0.648. The molecule has 3 rings (SSSR count). The Labute approximate surface area is 140 Å². The summed E-state index contributed by atoms with van der Waals surface area (Å²) in [6, 6.07) is 8.50. The first-order chi connectivity index (χ1) is 11.7. The number of piperidine rings is 1. The summed E-state index contributed by atoms with van der Waals surface area (Å²) in [5, 5.41) is 13.6. The van der Waals surface area contributed by atoms with Crippen LogP contribution < -0.4 is 5.32 Å². The van der Waals surface area contributed by atoms with E-state index in [1.807, 2.05) is 0 Å². The third kappa shape index (κ3) is 4.48. The normalized spacial score (nSPS) is 15.2. The Morgan fingerprint density at radius 3 is 2.29 bits per heavy atom. The molecule has 0 atom stereocenters. The number of hydrogen-bond acceptors (Lipinski definition) is 6. The van der Waals surface area contributed by atoms with E-state index in [4.69, 9.17) is 0 Å². The van der Waals surface area contributed by atoms with E-state index in [-0.39, 0.29) is 5.69 Å². The van der Waals surface area contributed by atoms with E-state index in [9.17, 15) is 10.1 Å². The highest BCUT2D eigenvalue weighted by molar-refractivity contribution is 5.32. The Hall–Kier alpha value is -2.54. The van der Waals surface area contributed by atoms with Crippen molar-refractivity contribution in [2.75, 3.05) is 18.4 Å². The minimum Gasteiger partial charge on any atom is -0.350 e. The molecule has 2 heterocycles. The maximum absolute atomic E-state index is 10.6. The Balaban J connectivity index is 1.51. The Bertz CT molecular complexity index is 666. The van der Waals surface area contributed by atoms with Crippen LogP contribution in [0.1, 0.15) is 30.4 Å². The zero-order valence-electron chi connectivity index (χ0n) is 13.5. The van der Waals surface area contributed by atoms with E-state index in [1.54, 1.807) is 0 Å². The molecule has 126 valence electrons. The minimum atomic E-state index is -0.509. The van der Waals surface area contributed by atoms with Gasteiger partial charge in [0.25, 0.3) is 0 Å². The highest BCUT2D eigenvalue weighted by atomic mass is 16.6. The Kier molecular flexibility index (Phi) is 5.32. The summed E-state index contributed by atoms with van der Waals surface area (Å²) in [4.78, 5) is 20.4. The predicted octanol–water partition coefficient (Wildman–Crippen LogP) is 2.98. The number of hydrogen-bond donors (Lipinski definition) is 1. The molecule has 1 aromatic carbocycles. The lowest BCUT2D eigenvalue weighted by Gasteiger charge is -2.26. The zero-order chi connectivity index (χ0) is 16.8. The predicted molar refractivity (Wildman–Crippen MR) is 91.6 cm³/mol. The maximum atomic E-state index is 10.6.